The summed E-state index contributed by atoms with van der Waals surface area (Å²) in [7, 11) is 1.59. The number of amides is 1. The van der Waals surface area contributed by atoms with Gasteiger partial charge in [0.1, 0.15) is 11.4 Å². The van der Waals surface area contributed by atoms with Gasteiger partial charge in [0.15, 0.2) is 0 Å². The van der Waals surface area contributed by atoms with Gasteiger partial charge in [-0.05, 0) is 61.4 Å². The number of aryl methyl sites for hydroxylation is 2. The average Bonchev–Trinajstić information content (AvgIpc) is 2.61. The fourth-order valence-electron chi connectivity index (χ4n) is 2.71. The first kappa shape index (κ1) is 17.5. The van der Waals surface area contributed by atoms with E-state index in [-0.39, 0.29) is 5.91 Å². The third-order valence-corrected chi connectivity index (χ3v) is 3.83. The van der Waals surface area contributed by atoms with E-state index >= 15 is 0 Å². The molecule has 26 heavy (non-hydrogen) atoms. The molecule has 0 aliphatic rings. The van der Waals surface area contributed by atoms with Gasteiger partial charge in [0.25, 0.3) is 5.91 Å². The quantitative estimate of drug-likeness (QED) is 0.702. The van der Waals surface area contributed by atoms with Crippen LogP contribution in [0.2, 0.25) is 0 Å². The zero-order chi connectivity index (χ0) is 18.5. The van der Waals surface area contributed by atoms with Crippen molar-refractivity contribution in [1.82, 2.24) is 4.98 Å². The summed E-state index contributed by atoms with van der Waals surface area (Å²) >= 11 is 0. The molecule has 1 heterocycles. The number of carbonyl (C=O) groups excluding carboxylic acids is 1. The lowest BCUT2D eigenvalue weighted by Gasteiger charge is -2.10. The van der Waals surface area contributed by atoms with E-state index in [1.54, 1.807) is 31.5 Å². The van der Waals surface area contributed by atoms with E-state index in [1.807, 2.05) is 18.2 Å². The molecule has 3 aromatic rings. The van der Waals surface area contributed by atoms with Crippen LogP contribution in [0.3, 0.4) is 0 Å². The molecule has 1 aromatic heterocycles. The molecule has 2 N–H and O–H groups in total. The molecule has 0 aliphatic heterocycles. The normalized spacial score (nSPS) is 10.3. The Hall–Kier alpha value is -3.34. The van der Waals surface area contributed by atoms with Gasteiger partial charge in [-0.3, -0.25) is 4.79 Å². The maximum absolute atomic E-state index is 12.3. The second-order valence-electron chi connectivity index (χ2n) is 6.12. The number of benzene rings is 2. The molecule has 5 nitrogen and oxygen atoms in total. The van der Waals surface area contributed by atoms with Gasteiger partial charge in [-0.1, -0.05) is 12.1 Å². The maximum Gasteiger partial charge on any atom is 0.274 e. The average molecular weight is 347 g/mol. The van der Waals surface area contributed by atoms with Crippen molar-refractivity contribution in [2.45, 2.75) is 13.8 Å². The van der Waals surface area contributed by atoms with E-state index in [2.05, 4.69) is 47.7 Å². The van der Waals surface area contributed by atoms with E-state index in [1.165, 1.54) is 11.1 Å². The standard InChI is InChI=1S/C21H21N3O2/c1-14-9-15(2)11-18(10-14)23-17-7-8-20(22-13-17)21(25)24-16-5-4-6-19(12-16)26-3/h4-13,23H,1-3H3,(H,24,25). The molecule has 0 unspecified atom stereocenters. The van der Waals surface area contributed by atoms with E-state index in [9.17, 15) is 4.79 Å². The molecule has 3 rings (SSSR count). The van der Waals surface area contributed by atoms with Crippen molar-refractivity contribution in [3.63, 3.8) is 0 Å². The van der Waals surface area contributed by atoms with Crippen molar-refractivity contribution in [1.29, 1.82) is 0 Å². The van der Waals surface area contributed by atoms with Crippen LogP contribution in [0.5, 0.6) is 5.75 Å². The number of hydrogen-bond acceptors (Lipinski definition) is 4. The summed E-state index contributed by atoms with van der Waals surface area (Å²) < 4.78 is 5.16. The highest BCUT2D eigenvalue weighted by molar-refractivity contribution is 6.03. The molecule has 1 amide bonds. The minimum Gasteiger partial charge on any atom is -0.497 e. The lowest BCUT2D eigenvalue weighted by Crippen LogP contribution is -2.13. The first-order chi connectivity index (χ1) is 12.5. The number of anilines is 3. The van der Waals surface area contributed by atoms with Gasteiger partial charge in [0.2, 0.25) is 0 Å². The van der Waals surface area contributed by atoms with Gasteiger partial charge in [-0.2, -0.15) is 0 Å². The minimum absolute atomic E-state index is 0.267. The first-order valence-electron chi connectivity index (χ1n) is 8.30. The van der Waals surface area contributed by atoms with Gasteiger partial charge >= 0.3 is 0 Å². The molecule has 0 atom stereocenters. The van der Waals surface area contributed by atoms with Crippen molar-refractivity contribution < 1.29 is 9.53 Å². The molecule has 5 heteroatoms. The van der Waals surface area contributed by atoms with Crippen LogP contribution in [0.15, 0.2) is 60.8 Å². The van der Waals surface area contributed by atoms with E-state index < -0.39 is 0 Å². The Balaban J connectivity index is 1.69. The predicted octanol–water partition coefficient (Wildman–Crippen LogP) is 4.70. The number of nitrogens with one attached hydrogen (secondary N) is 2. The molecule has 132 valence electrons. The predicted molar refractivity (Wildman–Crippen MR) is 104 cm³/mol. The molecule has 0 bridgehead atoms. The maximum atomic E-state index is 12.3. The van der Waals surface area contributed by atoms with E-state index in [0.29, 0.717) is 17.1 Å². The van der Waals surface area contributed by atoms with Gasteiger partial charge in [-0.25, -0.2) is 4.98 Å². The molecule has 0 aliphatic carbocycles. The van der Waals surface area contributed by atoms with Crippen LogP contribution in [0.4, 0.5) is 17.1 Å². The van der Waals surface area contributed by atoms with Crippen LogP contribution >= 0.6 is 0 Å². The summed E-state index contributed by atoms with van der Waals surface area (Å²) in [6, 6.07) is 17.0. The van der Waals surface area contributed by atoms with Crippen molar-refractivity contribution >= 4 is 23.0 Å². The lowest BCUT2D eigenvalue weighted by molar-refractivity contribution is 0.102. The van der Waals surface area contributed by atoms with Crippen molar-refractivity contribution in [3.8, 4) is 5.75 Å². The first-order valence-corrected chi connectivity index (χ1v) is 8.30. The smallest absolute Gasteiger partial charge is 0.274 e. The SMILES string of the molecule is COc1cccc(NC(=O)c2ccc(Nc3cc(C)cc(C)c3)cn2)c1. The van der Waals surface area contributed by atoms with Crippen LogP contribution in [0.1, 0.15) is 21.6 Å². The fraction of sp³-hybridized carbons (Fsp3) is 0.143. The highest BCUT2D eigenvalue weighted by Gasteiger charge is 2.08. The highest BCUT2D eigenvalue weighted by Crippen LogP contribution is 2.20. The second-order valence-corrected chi connectivity index (χ2v) is 6.12. The van der Waals surface area contributed by atoms with Crippen LogP contribution < -0.4 is 15.4 Å². The van der Waals surface area contributed by atoms with Crippen LogP contribution in [0.25, 0.3) is 0 Å². The van der Waals surface area contributed by atoms with E-state index in [4.69, 9.17) is 4.74 Å². The Labute approximate surface area is 153 Å². The third kappa shape index (κ3) is 4.39. The summed E-state index contributed by atoms with van der Waals surface area (Å²) in [5.74, 6) is 0.417. The number of aromatic nitrogens is 1. The third-order valence-electron chi connectivity index (χ3n) is 3.83. The molecule has 0 saturated heterocycles. The van der Waals surface area contributed by atoms with Gasteiger partial charge in [0.05, 0.1) is 19.0 Å². The number of rotatable bonds is 5. The zero-order valence-corrected chi connectivity index (χ0v) is 15.0. The Kier molecular flexibility index (Phi) is 5.17. The molecule has 0 saturated carbocycles. The zero-order valence-electron chi connectivity index (χ0n) is 15.0. The number of methoxy groups -OCH3 is 1. The van der Waals surface area contributed by atoms with Crippen LogP contribution in [0, 0.1) is 13.8 Å². The number of carbonyl (C=O) groups is 1. The van der Waals surface area contributed by atoms with Gasteiger partial charge in [-0.15, -0.1) is 0 Å². The Morgan fingerprint density at radius 3 is 2.35 bits per heavy atom. The minimum atomic E-state index is -0.267. The molecule has 0 spiro atoms. The summed E-state index contributed by atoms with van der Waals surface area (Å²) in [6.45, 7) is 4.12. The summed E-state index contributed by atoms with van der Waals surface area (Å²) in [6.07, 6.45) is 1.65. The number of nitrogens with zero attached hydrogens (tertiary/aromatic N) is 1. The Morgan fingerprint density at radius 2 is 1.69 bits per heavy atom. The fourth-order valence-corrected chi connectivity index (χ4v) is 2.71. The number of pyridine rings is 1. The van der Waals surface area contributed by atoms with Crippen molar-refractivity contribution in [2.24, 2.45) is 0 Å². The Bertz CT molecular complexity index is 901. The monoisotopic (exact) mass is 347 g/mol. The van der Waals surface area contributed by atoms with Gasteiger partial charge in [0, 0.05) is 17.4 Å². The molecular formula is C21H21N3O2. The second kappa shape index (κ2) is 7.70. The molecule has 2 aromatic carbocycles. The topological polar surface area (TPSA) is 63.2 Å². The molecular weight excluding hydrogens is 326 g/mol. The Morgan fingerprint density at radius 1 is 0.923 bits per heavy atom. The van der Waals surface area contributed by atoms with Crippen LogP contribution in [-0.2, 0) is 0 Å². The summed E-state index contributed by atoms with van der Waals surface area (Å²) in [4.78, 5) is 16.6. The number of ether oxygens (including phenoxy) is 1. The highest BCUT2D eigenvalue weighted by atomic mass is 16.5. The largest absolute Gasteiger partial charge is 0.497 e. The molecule has 0 fully saturated rings. The lowest BCUT2D eigenvalue weighted by atomic mass is 10.1. The summed E-state index contributed by atoms with van der Waals surface area (Å²) in [5.41, 5.74) is 5.21. The van der Waals surface area contributed by atoms with Crippen molar-refractivity contribution in [3.05, 3.63) is 77.6 Å². The number of hydrogen-bond donors (Lipinski definition) is 2. The van der Waals surface area contributed by atoms with E-state index in [0.717, 1.165) is 11.4 Å². The van der Waals surface area contributed by atoms with Gasteiger partial charge < -0.3 is 15.4 Å². The molecule has 0 radical (unpaired) electrons. The van der Waals surface area contributed by atoms with Crippen molar-refractivity contribution in [2.75, 3.05) is 17.7 Å². The summed E-state index contributed by atoms with van der Waals surface area (Å²) in [5, 5.41) is 6.12. The van der Waals surface area contributed by atoms with Crippen LogP contribution in [-0.4, -0.2) is 18.0 Å².